The maximum Gasteiger partial charge on any atom is 0.191 e. The molecule has 0 aliphatic rings. The Morgan fingerprint density at radius 3 is 2.80 bits per heavy atom. The zero-order valence-corrected chi connectivity index (χ0v) is 12.7. The molecule has 0 aliphatic carbocycles. The lowest BCUT2D eigenvalue weighted by Crippen LogP contribution is -2.38. The van der Waals surface area contributed by atoms with Crippen LogP contribution in [0.2, 0.25) is 0 Å². The highest BCUT2D eigenvalue weighted by molar-refractivity contribution is 5.79. The van der Waals surface area contributed by atoms with Crippen molar-refractivity contribution in [3.8, 4) is 0 Å². The summed E-state index contributed by atoms with van der Waals surface area (Å²) in [6, 6.07) is 3.51. The third kappa shape index (κ3) is 6.61. The number of hydrogen-bond donors (Lipinski definition) is 3. The summed E-state index contributed by atoms with van der Waals surface area (Å²) in [5.74, 6) is 2.00. The molecular formula is C15H27N3O2. The lowest BCUT2D eigenvalue weighted by atomic mass is 10.1. The van der Waals surface area contributed by atoms with Crippen LogP contribution in [0, 0.1) is 5.92 Å². The highest BCUT2D eigenvalue weighted by Crippen LogP contribution is 2.12. The van der Waals surface area contributed by atoms with Gasteiger partial charge in [-0.15, -0.1) is 0 Å². The third-order valence-corrected chi connectivity index (χ3v) is 2.89. The summed E-state index contributed by atoms with van der Waals surface area (Å²) in [6.07, 6.45) is 3.16. The fraction of sp³-hybridized carbons (Fsp3) is 0.667. The molecule has 0 saturated carbocycles. The Bertz CT molecular complexity index is 374. The molecule has 0 radical (unpaired) electrons. The fourth-order valence-electron chi connectivity index (χ4n) is 1.81. The van der Waals surface area contributed by atoms with Crippen LogP contribution in [0.3, 0.4) is 0 Å². The van der Waals surface area contributed by atoms with E-state index in [0.717, 1.165) is 31.4 Å². The highest BCUT2D eigenvalue weighted by Gasteiger charge is 2.09. The standard InChI is InChI=1S/C15H27N3O2/c1-4-16-15(17-9-5-7-12(2)3)18-11-13(19)14-8-6-10-20-14/h6,8,10,12-13,19H,4-5,7,9,11H2,1-3H3,(H2,16,17,18). The van der Waals surface area contributed by atoms with Gasteiger partial charge in [0.2, 0.25) is 0 Å². The molecule has 5 heteroatoms. The normalized spacial score (nSPS) is 13.6. The van der Waals surface area contributed by atoms with Crippen LogP contribution in [0.15, 0.2) is 27.8 Å². The molecule has 0 spiro atoms. The van der Waals surface area contributed by atoms with Gasteiger partial charge in [0.25, 0.3) is 0 Å². The van der Waals surface area contributed by atoms with Gasteiger partial charge in [0.1, 0.15) is 11.9 Å². The summed E-state index contributed by atoms with van der Waals surface area (Å²) in [7, 11) is 0. The fourth-order valence-corrected chi connectivity index (χ4v) is 1.81. The average molecular weight is 281 g/mol. The lowest BCUT2D eigenvalue weighted by molar-refractivity contribution is 0.158. The molecule has 1 aromatic rings. The van der Waals surface area contributed by atoms with Crippen LogP contribution in [-0.4, -0.2) is 30.7 Å². The first-order chi connectivity index (χ1) is 9.63. The first-order valence-electron chi connectivity index (χ1n) is 7.37. The number of hydrogen-bond acceptors (Lipinski definition) is 3. The van der Waals surface area contributed by atoms with E-state index in [1.807, 2.05) is 6.92 Å². The SMILES string of the molecule is CCNC(=NCC(O)c1ccco1)NCCCC(C)C. The third-order valence-electron chi connectivity index (χ3n) is 2.89. The zero-order chi connectivity index (χ0) is 14.8. The smallest absolute Gasteiger partial charge is 0.191 e. The minimum absolute atomic E-state index is 0.285. The minimum Gasteiger partial charge on any atom is -0.467 e. The van der Waals surface area contributed by atoms with Gasteiger partial charge in [-0.05, 0) is 37.8 Å². The van der Waals surface area contributed by atoms with Crippen LogP contribution < -0.4 is 10.6 Å². The number of rotatable bonds is 8. The second-order valence-corrected chi connectivity index (χ2v) is 5.21. The second kappa shape index (κ2) is 9.42. The van der Waals surface area contributed by atoms with Crippen molar-refractivity contribution in [2.75, 3.05) is 19.6 Å². The first-order valence-corrected chi connectivity index (χ1v) is 7.37. The Kier molecular flexibility index (Phi) is 7.80. The van der Waals surface area contributed by atoms with Crippen LogP contribution in [0.4, 0.5) is 0 Å². The van der Waals surface area contributed by atoms with Crippen molar-refractivity contribution in [1.82, 2.24) is 10.6 Å². The molecule has 0 aromatic carbocycles. The van der Waals surface area contributed by atoms with E-state index < -0.39 is 6.10 Å². The molecule has 0 saturated heterocycles. The van der Waals surface area contributed by atoms with E-state index in [1.165, 1.54) is 6.42 Å². The maximum absolute atomic E-state index is 9.91. The Morgan fingerprint density at radius 2 is 2.20 bits per heavy atom. The molecular weight excluding hydrogens is 254 g/mol. The molecule has 0 fully saturated rings. The van der Waals surface area contributed by atoms with Crippen molar-refractivity contribution in [3.05, 3.63) is 24.2 Å². The van der Waals surface area contributed by atoms with E-state index in [-0.39, 0.29) is 6.54 Å². The van der Waals surface area contributed by atoms with Gasteiger partial charge in [0, 0.05) is 13.1 Å². The molecule has 3 N–H and O–H groups in total. The highest BCUT2D eigenvalue weighted by atomic mass is 16.4. The van der Waals surface area contributed by atoms with Crippen molar-refractivity contribution < 1.29 is 9.52 Å². The van der Waals surface area contributed by atoms with Gasteiger partial charge >= 0.3 is 0 Å². The number of aliphatic imine (C=N–C) groups is 1. The summed E-state index contributed by atoms with van der Waals surface area (Å²) in [4.78, 5) is 4.37. The molecule has 20 heavy (non-hydrogen) atoms. The van der Waals surface area contributed by atoms with E-state index in [1.54, 1.807) is 18.4 Å². The minimum atomic E-state index is -0.698. The van der Waals surface area contributed by atoms with E-state index in [4.69, 9.17) is 4.42 Å². The molecule has 5 nitrogen and oxygen atoms in total. The second-order valence-electron chi connectivity index (χ2n) is 5.21. The molecule has 1 rings (SSSR count). The Balaban J connectivity index is 2.37. The first kappa shape index (κ1) is 16.6. The number of aliphatic hydroxyl groups excluding tert-OH is 1. The summed E-state index contributed by atoms with van der Waals surface area (Å²) < 4.78 is 5.15. The van der Waals surface area contributed by atoms with Gasteiger partial charge in [-0.3, -0.25) is 4.99 Å². The molecule has 1 aromatic heterocycles. The van der Waals surface area contributed by atoms with Crippen LogP contribution in [0.25, 0.3) is 0 Å². The topological polar surface area (TPSA) is 69.8 Å². The molecule has 1 heterocycles. The molecule has 114 valence electrons. The number of nitrogens with one attached hydrogen (secondary N) is 2. The Labute approximate surface area is 121 Å². The van der Waals surface area contributed by atoms with Crippen LogP contribution in [0.5, 0.6) is 0 Å². The molecule has 0 amide bonds. The average Bonchev–Trinajstić information content (AvgIpc) is 2.94. The van der Waals surface area contributed by atoms with Gasteiger partial charge in [-0.2, -0.15) is 0 Å². The van der Waals surface area contributed by atoms with E-state index in [0.29, 0.717) is 5.76 Å². The Morgan fingerprint density at radius 1 is 1.40 bits per heavy atom. The molecule has 1 atom stereocenters. The van der Waals surface area contributed by atoms with Crippen molar-refractivity contribution in [1.29, 1.82) is 0 Å². The van der Waals surface area contributed by atoms with Crippen molar-refractivity contribution in [2.24, 2.45) is 10.9 Å². The summed E-state index contributed by atoms with van der Waals surface area (Å²) in [5.41, 5.74) is 0. The van der Waals surface area contributed by atoms with Gasteiger partial charge in [0.05, 0.1) is 12.8 Å². The molecule has 1 unspecified atom stereocenters. The molecule has 0 aliphatic heterocycles. The van der Waals surface area contributed by atoms with Crippen molar-refractivity contribution in [2.45, 2.75) is 39.7 Å². The van der Waals surface area contributed by atoms with E-state index in [9.17, 15) is 5.11 Å². The van der Waals surface area contributed by atoms with Crippen molar-refractivity contribution >= 4 is 5.96 Å². The van der Waals surface area contributed by atoms with Gasteiger partial charge < -0.3 is 20.2 Å². The zero-order valence-electron chi connectivity index (χ0n) is 12.7. The molecule has 0 bridgehead atoms. The summed E-state index contributed by atoms with van der Waals surface area (Å²) in [5, 5.41) is 16.4. The monoisotopic (exact) mass is 281 g/mol. The quantitative estimate of drug-likeness (QED) is 0.388. The number of nitrogens with zero attached hydrogens (tertiary/aromatic N) is 1. The van der Waals surface area contributed by atoms with Gasteiger partial charge in [0.15, 0.2) is 5.96 Å². The maximum atomic E-state index is 9.91. The van der Waals surface area contributed by atoms with Crippen LogP contribution >= 0.6 is 0 Å². The Hall–Kier alpha value is -1.49. The predicted molar refractivity (Wildman–Crippen MR) is 81.7 cm³/mol. The lowest BCUT2D eigenvalue weighted by Gasteiger charge is -2.13. The van der Waals surface area contributed by atoms with Gasteiger partial charge in [-0.1, -0.05) is 13.8 Å². The predicted octanol–water partition coefficient (Wildman–Crippen LogP) is 2.30. The number of furan rings is 1. The van der Waals surface area contributed by atoms with Gasteiger partial charge in [-0.25, -0.2) is 0 Å². The summed E-state index contributed by atoms with van der Waals surface area (Å²) in [6.45, 7) is 8.44. The number of aliphatic hydroxyl groups is 1. The van der Waals surface area contributed by atoms with Crippen LogP contribution in [-0.2, 0) is 0 Å². The van der Waals surface area contributed by atoms with E-state index in [2.05, 4.69) is 29.5 Å². The summed E-state index contributed by atoms with van der Waals surface area (Å²) >= 11 is 0. The van der Waals surface area contributed by atoms with E-state index >= 15 is 0 Å². The van der Waals surface area contributed by atoms with Crippen LogP contribution in [0.1, 0.15) is 45.5 Å². The van der Waals surface area contributed by atoms with Crippen molar-refractivity contribution in [3.63, 3.8) is 0 Å². The largest absolute Gasteiger partial charge is 0.467 e. The number of guanidine groups is 1.